The fraction of sp³-hybridized carbons (Fsp3) is 0.130. The molecule has 0 radical (unpaired) electrons. The number of H-pyrrole nitrogens is 1. The summed E-state index contributed by atoms with van der Waals surface area (Å²) in [7, 11) is -3.85. The number of fused-ring (bicyclic) bond motifs is 1. The highest BCUT2D eigenvalue weighted by Crippen LogP contribution is 2.35. The fourth-order valence-electron chi connectivity index (χ4n) is 3.47. The van der Waals surface area contributed by atoms with Crippen LogP contribution in [-0.4, -0.2) is 30.0 Å². The van der Waals surface area contributed by atoms with Crippen molar-refractivity contribution in [3.8, 4) is 11.3 Å². The van der Waals surface area contributed by atoms with Gasteiger partial charge in [-0.2, -0.15) is 0 Å². The number of hydrogen-bond donors (Lipinski definition) is 3. The lowest BCUT2D eigenvalue weighted by molar-refractivity contribution is 0.101. The highest BCUT2D eigenvalue weighted by atomic mass is 35.5. The highest BCUT2D eigenvalue weighted by Gasteiger charge is 2.23. The van der Waals surface area contributed by atoms with Gasteiger partial charge in [0, 0.05) is 16.0 Å². The SMILES string of the molecule is CCCS(=O)(=O)Nc1ccc(F)c(C(=O)Nc2cnc3[nH]c(-c4cccc(Cl)c4)c(Cl)c3c2)c1F. The number of anilines is 2. The van der Waals surface area contributed by atoms with Crippen LogP contribution in [0.1, 0.15) is 23.7 Å². The smallest absolute Gasteiger partial charge is 0.261 e. The minimum atomic E-state index is -3.85. The Hall–Kier alpha value is -3.21. The van der Waals surface area contributed by atoms with E-state index in [2.05, 4.69) is 15.3 Å². The number of rotatable bonds is 7. The second-order valence-electron chi connectivity index (χ2n) is 7.60. The third-order valence-corrected chi connectivity index (χ3v) is 7.12. The van der Waals surface area contributed by atoms with Gasteiger partial charge in [0.15, 0.2) is 5.82 Å². The van der Waals surface area contributed by atoms with Crippen molar-refractivity contribution >= 4 is 61.5 Å². The summed E-state index contributed by atoms with van der Waals surface area (Å²) >= 11 is 12.6. The molecule has 0 aliphatic rings. The van der Waals surface area contributed by atoms with E-state index in [1.165, 1.54) is 12.3 Å². The first-order valence-electron chi connectivity index (χ1n) is 10.3. The Morgan fingerprint density at radius 3 is 2.63 bits per heavy atom. The first-order valence-corrected chi connectivity index (χ1v) is 12.7. The van der Waals surface area contributed by atoms with Gasteiger partial charge in [0.25, 0.3) is 5.91 Å². The van der Waals surface area contributed by atoms with Gasteiger partial charge in [0.1, 0.15) is 17.0 Å². The largest absolute Gasteiger partial charge is 0.338 e. The van der Waals surface area contributed by atoms with Crippen LogP contribution in [-0.2, 0) is 10.0 Å². The van der Waals surface area contributed by atoms with Crippen molar-refractivity contribution in [3.63, 3.8) is 0 Å². The summed E-state index contributed by atoms with van der Waals surface area (Å²) in [5, 5.41) is 3.67. The predicted octanol–water partition coefficient (Wildman–Crippen LogP) is 6.22. The Morgan fingerprint density at radius 2 is 1.91 bits per heavy atom. The second kappa shape index (κ2) is 9.80. The standard InChI is InChI=1S/C23H18Cl2F2N4O3S/c1-2-8-35(33,34)31-17-7-6-16(26)18(20(17)27)23(32)29-14-10-15-19(25)21(30-22(15)28-11-14)12-4-3-5-13(24)9-12/h3-7,9-11,31H,2,8H2,1H3,(H,28,30)(H,29,32). The molecule has 0 saturated heterocycles. The number of pyridine rings is 1. The minimum absolute atomic E-state index is 0.122. The average molecular weight is 539 g/mol. The molecule has 4 rings (SSSR count). The second-order valence-corrected chi connectivity index (χ2v) is 10.3. The van der Waals surface area contributed by atoms with Gasteiger partial charge in [-0.05, 0) is 36.8 Å². The summed E-state index contributed by atoms with van der Waals surface area (Å²) < 4.78 is 55.3. The number of carbonyl (C=O) groups is 1. The average Bonchev–Trinajstić information content (AvgIpc) is 3.12. The number of nitrogens with one attached hydrogen (secondary N) is 3. The lowest BCUT2D eigenvalue weighted by atomic mass is 10.1. The maximum Gasteiger partial charge on any atom is 0.261 e. The van der Waals surface area contributed by atoms with Crippen molar-refractivity contribution in [1.82, 2.24) is 9.97 Å². The van der Waals surface area contributed by atoms with E-state index in [1.807, 2.05) is 4.72 Å². The number of aromatic amines is 1. The van der Waals surface area contributed by atoms with Gasteiger partial charge in [-0.15, -0.1) is 0 Å². The first kappa shape index (κ1) is 24.9. The maximum absolute atomic E-state index is 14.9. The number of halogens is 4. The summed E-state index contributed by atoms with van der Waals surface area (Å²) in [4.78, 5) is 20.0. The fourth-order valence-corrected chi connectivity index (χ4v) is 5.09. The molecular weight excluding hydrogens is 521 g/mol. The number of carbonyl (C=O) groups excluding carboxylic acids is 1. The molecule has 7 nitrogen and oxygen atoms in total. The summed E-state index contributed by atoms with van der Waals surface area (Å²) in [5.74, 6) is -3.88. The van der Waals surface area contributed by atoms with Gasteiger partial charge < -0.3 is 10.3 Å². The zero-order valence-electron chi connectivity index (χ0n) is 18.1. The van der Waals surface area contributed by atoms with Crippen LogP contribution < -0.4 is 10.0 Å². The molecular formula is C23H18Cl2F2N4O3S. The molecule has 0 aliphatic carbocycles. The molecule has 2 aromatic heterocycles. The van der Waals surface area contributed by atoms with Crippen LogP contribution in [0.2, 0.25) is 10.0 Å². The number of nitrogens with zero attached hydrogens (tertiary/aromatic N) is 1. The Kier molecular flexibility index (Phi) is 6.98. The Morgan fingerprint density at radius 1 is 1.14 bits per heavy atom. The molecule has 2 aromatic carbocycles. The molecule has 35 heavy (non-hydrogen) atoms. The Bertz CT molecular complexity index is 1560. The Labute approximate surface area is 209 Å². The number of aromatic nitrogens is 2. The molecule has 0 saturated carbocycles. The molecule has 0 bridgehead atoms. The normalized spacial score (nSPS) is 11.6. The van der Waals surface area contributed by atoms with Gasteiger partial charge in [-0.3, -0.25) is 9.52 Å². The van der Waals surface area contributed by atoms with Crippen molar-refractivity contribution in [2.75, 3.05) is 15.8 Å². The van der Waals surface area contributed by atoms with Gasteiger partial charge >= 0.3 is 0 Å². The number of hydrogen-bond acceptors (Lipinski definition) is 4. The van der Waals surface area contributed by atoms with Gasteiger partial charge in [0.2, 0.25) is 10.0 Å². The quantitative estimate of drug-likeness (QED) is 0.260. The number of sulfonamides is 1. The minimum Gasteiger partial charge on any atom is -0.338 e. The summed E-state index contributed by atoms with van der Waals surface area (Å²) in [6.07, 6.45) is 1.58. The molecule has 4 aromatic rings. The molecule has 1 amide bonds. The van der Waals surface area contributed by atoms with E-state index in [-0.39, 0.29) is 11.4 Å². The van der Waals surface area contributed by atoms with Crippen LogP contribution in [0.4, 0.5) is 20.2 Å². The van der Waals surface area contributed by atoms with Crippen LogP contribution in [0.15, 0.2) is 48.7 Å². The molecule has 12 heteroatoms. The van der Waals surface area contributed by atoms with Crippen LogP contribution in [0.5, 0.6) is 0 Å². The third kappa shape index (κ3) is 5.24. The molecule has 3 N–H and O–H groups in total. The number of benzene rings is 2. The highest BCUT2D eigenvalue weighted by molar-refractivity contribution is 7.92. The van der Waals surface area contributed by atoms with Crippen LogP contribution in [0, 0.1) is 11.6 Å². The molecule has 2 heterocycles. The van der Waals surface area contributed by atoms with Gasteiger partial charge in [0.05, 0.1) is 34.0 Å². The Balaban J connectivity index is 1.65. The predicted molar refractivity (Wildman–Crippen MR) is 134 cm³/mol. The van der Waals surface area contributed by atoms with Crippen molar-refractivity contribution in [3.05, 3.63) is 75.9 Å². The summed E-state index contributed by atoms with van der Waals surface area (Å²) in [6.45, 7) is 1.64. The van der Waals surface area contributed by atoms with Crippen LogP contribution in [0.3, 0.4) is 0 Å². The van der Waals surface area contributed by atoms with Crippen molar-refractivity contribution in [1.29, 1.82) is 0 Å². The van der Waals surface area contributed by atoms with E-state index in [9.17, 15) is 22.0 Å². The zero-order valence-corrected chi connectivity index (χ0v) is 20.5. The topological polar surface area (TPSA) is 104 Å². The maximum atomic E-state index is 14.9. The van der Waals surface area contributed by atoms with Crippen molar-refractivity contribution < 1.29 is 22.0 Å². The molecule has 0 fully saturated rings. The monoisotopic (exact) mass is 538 g/mol. The first-order chi connectivity index (χ1) is 16.6. The molecule has 0 spiro atoms. The third-order valence-electron chi connectivity index (χ3n) is 5.01. The van der Waals surface area contributed by atoms with Crippen molar-refractivity contribution in [2.24, 2.45) is 0 Å². The van der Waals surface area contributed by atoms with Crippen LogP contribution >= 0.6 is 23.2 Å². The van der Waals surface area contributed by atoms with E-state index >= 15 is 0 Å². The van der Waals surface area contributed by atoms with E-state index in [4.69, 9.17) is 23.2 Å². The zero-order chi connectivity index (χ0) is 25.3. The number of amides is 1. The molecule has 182 valence electrons. The van der Waals surface area contributed by atoms with Gasteiger partial charge in [-0.25, -0.2) is 22.2 Å². The summed E-state index contributed by atoms with van der Waals surface area (Å²) in [6, 6.07) is 10.2. The van der Waals surface area contributed by atoms with E-state index in [0.29, 0.717) is 33.2 Å². The molecule has 0 aliphatic heterocycles. The van der Waals surface area contributed by atoms with Crippen molar-refractivity contribution in [2.45, 2.75) is 13.3 Å². The molecule has 0 atom stereocenters. The lowest BCUT2D eigenvalue weighted by Crippen LogP contribution is -2.20. The summed E-state index contributed by atoms with van der Waals surface area (Å²) in [5.41, 5.74) is 0.353. The lowest BCUT2D eigenvalue weighted by Gasteiger charge is -2.12. The van der Waals surface area contributed by atoms with Crippen LogP contribution in [0.25, 0.3) is 22.3 Å². The molecule has 0 unspecified atom stereocenters. The van der Waals surface area contributed by atoms with E-state index < -0.39 is 38.8 Å². The van der Waals surface area contributed by atoms with E-state index in [0.717, 1.165) is 17.7 Å². The van der Waals surface area contributed by atoms with E-state index in [1.54, 1.807) is 31.2 Å². The van der Waals surface area contributed by atoms with Gasteiger partial charge in [-0.1, -0.05) is 42.3 Å².